The number of nitrogens with zero attached hydrogens (tertiary/aromatic N) is 2. The van der Waals surface area contributed by atoms with Crippen LogP contribution in [0.1, 0.15) is 23.5 Å². The van der Waals surface area contributed by atoms with Gasteiger partial charge in [-0.25, -0.2) is 9.97 Å². The molecule has 84 valence electrons. The van der Waals surface area contributed by atoms with Crippen molar-refractivity contribution < 1.29 is 0 Å². The maximum Gasteiger partial charge on any atom is 0.152 e. The first-order valence-electron chi connectivity index (χ1n) is 4.95. The van der Waals surface area contributed by atoms with Crippen LogP contribution in [0.5, 0.6) is 0 Å². The van der Waals surface area contributed by atoms with Gasteiger partial charge in [0.2, 0.25) is 0 Å². The van der Waals surface area contributed by atoms with E-state index in [4.69, 9.17) is 11.6 Å². The minimum atomic E-state index is 0.189. The Morgan fingerprint density at radius 2 is 2.25 bits per heavy atom. The molecule has 1 N–H and O–H groups in total. The molecule has 0 radical (unpaired) electrons. The summed E-state index contributed by atoms with van der Waals surface area (Å²) in [5.74, 6) is 0. The van der Waals surface area contributed by atoms with E-state index in [1.54, 1.807) is 17.5 Å². The molecule has 0 saturated heterocycles. The van der Waals surface area contributed by atoms with Crippen LogP contribution in [0.2, 0.25) is 5.15 Å². The summed E-state index contributed by atoms with van der Waals surface area (Å²) in [5, 5.41) is 3.83. The van der Waals surface area contributed by atoms with Gasteiger partial charge in [0, 0.05) is 11.1 Å². The van der Waals surface area contributed by atoms with Gasteiger partial charge < -0.3 is 5.32 Å². The molecule has 0 aliphatic carbocycles. The van der Waals surface area contributed by atoms with E-state index in [0.29, 0.717) is 5.15 Å². The van der Waals surface area contributed by atoms with Crippen molar-refractivity contribution in [3.63, 3.8) is 0 Å². The number of thiazole rings is 1. The molecule has 16 heavy (non-hydrogen) atoms. The van der Waals surface area contributed by atoms with E-state index in [2.05, 4.69) is 22.2 Å². The molecule has 1 atom stereocenters. The Hall–Kier alpha value is -1.13. The average molecular weight is 254 g/mol. The van der Waals surface area contributed by atoms with Crippen molar-refractivity contribution in [3.05, 3.63) is 39.6 Å². The van der Waals surface area contributed by atoms with Crippen LogP contribution in [0, 0.1) is 6.92 Å². The first-order chi connectivity index (χ1) is 7.68. The van der Waals surface area contributed by atoms with Crippen molar-refractivity contribution in [2.24, 2.45) is 0 Å². The standard InChI is InChI=1S/C11H12ClN3S/c1-7-10(16-6-14-7)8(2)15-9-4-3-5-13-11(9)12/h3-6,8,15H,1-2H3. The van der Waals surface area contributed by atoms with Gasteiger partial charge in [-0.05, 0) is 26.0 Å². The predicted octanol–water partition coefficient (Wildman–Crippen LogP) is 3.67. The molecule has 2 rings (SSSR count). The Bertz CT molecular complexity index is 484. The van der Waals surface area contributed by atoms with E-state index in [0.717, 1.165) is 11.4 Å². The summed E-state index contributed by atoms with van der Waals surface area (Å²) in [6.07, 6.45) is 1.68. The highest BCUT2D eigenvalue weighted by Crippen LogP contribution is 2.27. The third kappa shape index (κ3) is 2.33. The molecular weight excluding hydrogens is 242 g/mol. The fraction of sp³-hybridized carbons (Fsp3) is 0.273. The van der Waals surface area contributed by atoms with Gasteiger partial charge in [-0.15, -0.1) is 11.3 Å². The maximum atomic E-state index is 5.98. The molecule has 0 saturated carbocycles. The minimum absolute atomic E-state index is 0.189. The number of hydrogen-bond acceptors (Lipinski definition) is 4. The van der Waals surface area contributed by atoms with Gasteiger partial charge in [0.1, 0.15) is 0 Å². The first-order valence-corrected chi connectivity index (χ1v) is 6.21. The van der Waals surface area contributed by atoms with Crippen LogP contribution in [-0.2, 0) is 0 Å². The Kier molecular flexibility index (Phi) is 3.41. The molecule has 0 aliphatic heterocycles. The molecule has 1 unspecified atom stereocenters. The van der Waals surface area contributed by atoms with Crippen LogP contribution in [0.25, 0.3) is 0 Å². The highest BCUT2D eigenvalue weighted by Gasteiger charge is 2.12. The van der Waals surface area contributed by atoms with Crippen molar-refractivity contribution in [3.8, 4) is 0 Å². The van der Waals surface area contributed by atoms with Crippen LogP contribution in [0.15, 0.2) is 23.8 Å². The van der Waals surface area contributed by atoms with Gasteiger partial charge in [0.15, 0.2) is 5.15 Å². The van der Waals surface area contributed by atoms with E-state index >= 15 is 0 Å². The van der Waals surface area contributed by atoms with Crippen molar-refractivity contribution in [2.75, 3.05) is 5.32 Å². The van der Waals surface area contributed by atoms with Crippen molar-refractivity contribution in [2.45, 2.75) is 19.9 Å². The minimum Gasteiger partial charge on any atom is -0.375 e. The summed E-state index contributed by atoms with van der Waals surface area (Å²) in [4.78, 5) is 9.48. The molecule has 0 bridgehead atoms. The number of halogens is 1. The number of pyridine rings is 1. The SMILES string of the molecule is Cc1ncsc1C(C)Nc1cccnc1Cl. The second-order valence-electron chi connectivity index (χ2n) is 3.51. The fourth-order valence-electron chi connectivity index (χ4n) is 1.52. The molecule has 0 aliphatic rings. The van der Waals surface area contributed by atoms with Gasteiger partial charge in [-0.2, -0.15) is 0 Å². The topological polar surface area (TPSA) is 37.8 Å². The first kappa shape index (κ1) is 11.4. The summed E-state index contributed by atoms with van der Waals surface area (Å²) in [6, 6.07) is 3.97. The monoisotopic (exact) mass is 253 g/mol. The molecule has 2 aromatic rings. The second kappa shape index (κ2) is 4.80. The zero-order valence-electron chi connectivity index (χ0n) is 9.07. The maximum absolute atomic E-state index is 5.98. The quantitative estimate of drug-likeness (QED) is 0.848. The molecule has 3 nitrogen and oxygen atoms in total. The summed E-state index contributed by atoms with van der Waals surface area (Å²) in [5.41, 5.74) is 3.77. The van der Waals surface area contributed by atoms with E-state index in [1.807, 2.05) is 24.6 Å². The van der Waals surface area contributed by atoms with Crippen LogP contribution in [0.4, 0.5) is 5.69 Å². The van der Waals surface area contributed by atoms with Crippen molar-refractivity contribution in [1.29, 1.82) is 0 Å². The summed E-state index contributed by atoms with van der Waals surface area (Å²) < 4.78 is 0. The molecule has 0 amide bonds. The lowest BCUT2D eigenvalue weighted by atomic mass is 10.2. The molecular formula is C11H12ClN3S. The lowest BCUT2D eigenvalue weighted by molar-refractivity contribution is 0.889. The van der Waals surface area contributed by atoms with Crippen molar-refractivity contribution >= 4 is 28.6 Å². The predicted molar refractivity (Wildman–Crippen MR) is 68.1 cm³/mol. The van der Waals surface area contributed by atoms with Gasteiger partial charge in [0.25, 0.3) is 0 Å². The smallest absolute Gasteiger partial charge is 0.152 e. The molecule has 0 aromatic carbocycles. The van der Waals surface area contributed by atoms with E-state index < -0.39 is 0 Å². The van der Waals surface area contributed by atoms with Gasteiger partial charge in [-0.1, -0.05) is 11.6 Å². The number of nitrogens with one attached hydrogen (secondary N) is 1. The summed E-state index contributed by atoms with van der Waals surface area (Å²) >= 11 is 7.63. The largest absolute Gasteiger partial charge is 0.375 e. The lowest BCUT2D eigenvalue weighted by Crippen LogP contribution is -2.07. The molecule has 2 aromatic heterocycles. The van der Waals surface area contributed by atoms with E-state index in [1.165, 1.54) is 4.88 Å². The highest BCUT2D eigenvalue weighted by atomic mass is 35.5. The van der Waals surface area contributed by atoms with Gasteiger partial charge in [0.05, 0.1) is 22.9 Å². The number of hydrogen-bond donors (Lipinski definition) is 1. The van der Waals surface area contributed by atoms with Crippen LogP contribution < -0.4 is 5.32 Å². The van der Waals surface area contributed by atoms with Crippen LogP contribution >= 0.6 is 22.9 Å². The Morgan fingerprint density at radius 3 is 2.88 bits per heavy atom. The van der Waals surface area contributed by atoms with Crippen molar-refractivity contribution in [1.82, 2.24) is 9.97 Å². The summed E-state index contributed by atoms with van der Waals surface area (Å²) in [7, 11) is 0. The van der Waals surface area contributed by atoms with E-state index in [-0.39, 0.29) is 6.04 Å². The third-order valence-electron chi connectivity index (χ3n) is 2.31. The zero-order valence-corrected chi connectivity index (χ0v) is 10.6. The Balaban J connectivity index is 2.17. The number of anilines is 1. The Labute approximate surface area is 104 Å². The molecule has 2 heterocycles. The Morgan fingerprint density at radius 1 is 1.44 bits per heavy atom. The highest BCUT2D eigenvalue weighted by molar-refractivity contribution is 7.09. The molecule has 0 fully saturated rings. The van der Waals surface area contributed by atoms with Crippen LogP contribution in [0.3, 0.4) is 0 Å². The number of aryl methyl sites for hydroxylation is 1. The molecule has 5 heteroatoms. The normalized spacial score (nSPS) is 12.4. The molecule has 0 spiro atoms. The number of rotatable bonds is 3. The zero-order chi connectivity index (χ0) is 11.5. The van der Waals surface area contributed by atoms with Crippen LogP contribution in [-0.4, -0.2) is 9.97 Å². The second-order valence-corrected chi connectivity index (χ2v) is 4.75. The number of aromatic nitrogens is 2. The fourth-order valence-corrected chi connectivity index (χ4v) is 2.50. The summed E-state index contributed by atoms with van der Waals surface area (Å²) in [6.45, 7) is 4.10. The third-order valence-corrected chi connectivity index (χ3v) is 3.72. The lowest BCUT2D eigenvalue weighted by Gasteiger charge is -2.14. The van der Waals surface area contributed by atoms with E-state index in [9.17, 15) is 0 Å². The van der Waals surface area contributed by atoms with Gasteiger partial charge in [-0.3, -0.25) is 0 Å². The average Bonchev–Trinajstić information content (AvgIpc) is 2.68. The van der Waals surface area contributed by atoms with Gasteiger partial charge >= 0.3 is 0 Å².